The molecule has 5 heteroatoms. The molecule has 0 unspecified atom stereocenters. The maximum Gasteiger partial charge on any atom is 0.127 e. The summed E-state index contributed by atoms with van der Waals surface area (Å²) in [5.41, 5.74) is 1.03. The molecule has 1 aromatic carbocycles. The highest BCUT2D eigenvalue weighted by Gasteiger charge is 2.07. The van der Waals surface area contributed by atoms with E-state index in [4.69, 9.17) is 0 Å². The Labute approximate surface area is 94.4 Å². The molecule has 2 rings (SSSR count). The summed E-state index contributed by atoms with van der Waals surface area (Å²) in [6, 6.07) is 6.07. The lowest BCUT2D eigenvalue weighted by molar-refractivity contribution is 0.973. The number of aromatic nitrogens is 2. The van der Waals surface area contributed by atoms with Gasteiger partial charge in [-0.05, 0) is 37.3 Å². The van der Waals surface area contributed by atoms with Gasteiger partial charge < -0.3 is 0 Å². The van der Waals surface area contributed by atoms with Crippen LogP contribution in [0.4, 0.5) is 0 Å². The van der Waals surface area contributed by atoms with Gasteiger partial charge >= 0.3 is 0 Å². The molecule has 0 saturated heterocycles. The molecule has 0 amide bonds. The smallest absolute Gasteiger partial charge is 0.127 e. The molecule has 0 bridgehead atoms. The second-order valence-corrected chi connectivity index (χ2v) is 4.65. The molecule has 0 spiro atoms. The lowest BCUT2D eigenvalue weighted by Gasteiger charge is -1.93. The molecule has 13 heavy (non-hydrogen) atoms. The highest BCUT2D eigenvalue weighted by molar-refractivity contribution is 9.10. The standard InChI is InChI=1S/C8H7BrN2S2/c1-13-8-6-3-2-5(9)4-7(6)11(12)10-8/h2-4,12H,1H3. The largest absolute Gasteiger partial charge is 0.208 e. The first kappa shape index (κ1) is 9.43. The number of rotatable bonds is 1. The van der Waals surface area contributed by atoms with Crippen molar-refractivity contribution in [2.24, 2.45) is 0 Å². The Kier molecular flexibility index (Phi) is 2.58. The minimum Gasteiger partial charge on any atom is -0.208 e. The number of fused-ring (bicyclic) bond motifs is 1. The molecule has 0 aliphatic carbocycles. The number of hydrogen-bond donors (Lipinski definition) is 1. The fourth-order valence-corrected chi connectivity index (χ4v) is 2.42. The van der Waals surface area contributed by atoms with Gasteiger partial charge in [0.2, 0.25) is 0 Å². The maximum absolute atomic E-state index is 4.27. The summed E-state index contributed by atoms with van der Waals surface area (Å²) in [4.78, 5) is 0. The van der Waals surface area contributed by atoms with Crippen molar-refractivity contribution in [2.75, 3.05) is 6.26 Å². The maximum atomic E-state index is 4.27. The number of benzene rings is 1. The summed E-state index contributed by atoms with van der Waals surface area (Å²) in [6.07, 6.45) is 2.01. The van der Waals surface area contributed by atoms with Crippen LogP contribution in [0, 0.1) is 0 Å². The second-order valence-electron chi connectivity index (χ2n) is 2.56. The first-order valence-electron chi connectivity index (χ1n) is 3.64. The van der Waals surface area contributed by atoms with E-state index in [2.05, 4.69) is 33.8 Å². The Bertz CT molecular complexity index is 453. The van der Waals surface area contributed by atoms with E-state index in [1.807, 2.05) is 24.5 Å². The molecule has 0 fully saturated rings. The molecule has 1 aromatic heterocycles. The van der Waals surface area contributed by atoms with Crippen molar-refractivity contribution >= 4 is 51.4 Å². The SMILES string of the molecule is CSc1nn(S)c2cc(Br)ccc12. The molecule has 68 valence electrons. The van der Waals surface area contributed by atoms with Gasteiger partial charge in [-0.3, -0.25) is 0 Å². The van der Waals surface area contributed by atoms with Crippen molar-refractivity contribution in [3.05, 3.63) is 22.7 Å². The zero-order valence-electron chi connectivity index (χ0n) is 6.86. The summed E-state index contributed by atoms with van der Waals surface area (Å²) >= 11 is 9.29. The van der Waals surface area contributed by atoms with E-state index in [0.717, 1.165) is 20.4 Å². The minimum atomic E-state index is 1.01. The number of halogens is 1. The van der Waals surface area contributed by atoms with Gasteiger partial charge in [0.15, 0.2) is 0 Å². The van der Waals surface area contributed by atoms with Crippen LogP contribution in [0.25, 0.3) is 10.9 Å². The molecule has 1 heterocycles. The fourth-order valence-electron chi connectivity index (χ4n) is 1.20. The van der Waals surface area contributed by atoms with Crippen LogP contribution in [0.3, 0.4) is 0 Å². The number of thiol groups is 1. The quantitative estimate of drug-likeness (QED) is 0.636. The molecule has 0 radical (unpaired) electrons. The molecular formula is C8H7BrN2S2. The van der Waals surface area contributed by atoms with Crippen LogP contribution in [0.1, 0.15) is 0 Å². The molecule has 0 aliphatic rings. The summed E-state index contributed by atoms with van der Waals surface area (Å²) in [7, 11) is 0. The molecule has 2 aromatic rings. The van der Waals surface area contributed by atoms with Crippen LogP contribution >= 0.6 is 40.5 Å². The summed E-state index contributed by atoms with van der Waals surface area (Å²) in [6.45, 7) is 0. The van der Waals surface area contributed by atoms with Gasteiger partial charge in [-0.25, -0.2) is 4.09 Å². The highest BCUT2D eigenvalue weighted by Crippen LogP contribution is 2.28. The predicted molar refractivity (Wildman–Crippen MR) is 63.6 cm³/mol. The van der Waals surface area contributed by atoms with E-state index < -0.39 is 0 Å². The predicted octanol–water partition coefficient (Wildman–Crippen LogP) is 3.21. The Morgan fingerprint density at radius 3 is 3.00 bits per heavy atom. The van der Waals surface area contributed by atoms with Crippen molar-refractivity contribution in [1.29, 1.82) is 0 Å². The summed E-state index contributed by atoms with van der Waals surface area (Å²) in [5, 5.41) is 6.43. The van der Waals surface area contributed by atoms with Gasteiger partial charge in [-0.2, -0.15) is 5.10 Å². The third-order valence-electron chi connectivity index (χ3n) is 1.78. The zero-order valence-corrected chi connectivity index (χ0v) is 10.2. The van der Waals surface area contributed by atoms with Gasteiger partial charge in [-0.1, -0.05) is 15.9 Å². The van der Waals surface area contributed by atoms with E-state index >= 15 is 0 Å². The Morgan fingerprint density at radius 1 is 1.54 bits per heavy atom. The lowest BCUT2D eigenvalue weighted by atomic mass is 10.3. The first-order valence-corrected chi connectivity index (χ1v) is 6.05. The molecule has 0 atom stereocenters. The highest BCUT2D eigenvalue weighted by atomic mass is 79.9. The monoisotopic (exact) mass is 274 g/mol. The van der Waals surface area contributed by atoms with E-state index in [0.29, 0.717) is 0 Å². The molecular weight excluding hydrogens is 268 g/mol. The molecule has 2 nitrogen and oxygen atoms in total. The van der Waals surface area contributed by atoms with Crippen LogP contribution in [0.2, 0.25) is 0 Å². The first-order chi connectivity index (χ1) is 6.22. The van der Waals surface area contributed by atoms with E-state index in [1.54, 1.807) is 15.8 Å². The number of nitrogens with zero attached hydrogens (tertiary/aromatic N) is 2. The van der Waals surface area contributed by atoms with Crippen LogP contribution < -0.4 is 0 Å². The molecule has 0 aliphatic heterocycles. The van der Waals surface area contributed by atoms with Crippen LogP contribution in [0.5, 0.6) is 0 Å². The van der Waals surface area contributed by atoms with Gasteiger partial charge in [0.05, 0.1) is 5.52 Å². The van der Waals surface area contributed by atoms with Gasteiger partial charge in [0.25, 0.3) is 0 Å². The normalized spacial score (nSPS) is 11.0. The van der Waals surface area contributed by atoms with E-state index in [9.17, 15) is 0 Å². The summed E-state index contributed by atoms with van der Waals surface area (Å²) < 4.78 is 2.65. The lowest BCUT2D eigenvalue weighted by Crippen LogP contribution is -1.80. The number of thioether (sulfide) groups is 1. The van der Waals surface area contributed by atoms with Crippen molar-refractivity contribution < 1.29 is 0 Å². The van der Waals surface area contributed by atoms with Gasteiger partial charge in [-0.15, -0.1) is 11.8 Å². The Hall–Kier alpha value is -0.130. The van der Waals surface area contributed by atoms with Crippen LogP contribution in [-0.2, 0) is 0 Å². The zero-order chi connectivity index (χ0) is 9.42. The third kappa shape index (κ3) is 1.60. The molecule has 0 N–H and O–H groups in total. The average molecular weight is 275 g/mol. The van der Waals surface area contributed by atoms with Crippen molar-refractivity contribution in [3.8, 4) is 0 Å². The van der Waals surface area contributed by atoms with Gasteiger partial charge in [0, 0.05) is 9.86 Å². The summed E-state index contributed by atoms with van der Waals surface area (Å²) in [5.74, 6) is 0. The number of hydrogen-bond acceptors (Lipinski definition) is 3. The third-order valence-corrected chi connectivity index (χ3v) is 3.27. The van der Waals surface area contributed by atoms with Crippen LogP contribution in [0.15, 0.2) is 27.7 Å². The van der Waals surface area contributed by atoms with E-state index in [-0.39, 0.29) is 0 Å². The van der Waals surface area contributed by atoms with Crippen molar-refractivity contribution in [1.82, 2.24) is 9.19 Å². The van der Waals surface area contributed by atoms with E-state index in [1.165, 1.54) is 0 Å². The van der Waals surface area contributed by atoms with Crippen LogP contribution in [-0.4, -0.2) is 15.4 Å². The average Bonchev–Trinajstić information content (AvgIpc) is 2.43. The minimum absolute atomic E-state index is 1.01. The Balaban J connectivity index is 2.80. The van der Waals surface area contributed by atoms with Gasteiger partial charge in [0.1, 0.15) is 5.03 Å². The Morgan fingerprint density at radius 2 is 2.31 bits per heavy atom. The van der Waals surface area contributed by atoms with Crippen molar-refractivity contribution in [2.45, 2.75) is 5.03 Å². The molecule has 0 saturated carbocycles. The fraction of sp³-hybridized carbons (Fsp3) is 0.125. The van der Waals surface area contributed by atoms with Crippen molar-refractivity contribution in [3.63, 3.8) is 0 Å². The second kappa shape index (κ2) is 3.55. The topological polar surface area (TPSA) is 17.8 Å².